The van der Waals surface area contributed by atoms with Crippen LogP contribution in [-0.4, -0.2) is 93.9 Å². The lowest BCUT2D eigenvalue weighted by molar-refractivity contribution is -0.144. The molecule has 2 aromatic carbocycles. The number of amides is 2. The Balaban J connectivity index is 1.15. The van der Waals surface area contributed by atoms with E-state index < -0.39 is 5.97 Å². The van der Waals surface area contributed by atoms with Gasteiger partial charge in [0.05, 0.1) is 60.6 Å². The molecular weight excluding hydrogens is 655 g/mol. The third-order valence-electron chi connectivity index (χ3n) is 10.3. The maximum atomic E-state index is 14.0. The van der Waals surface area contributed by atoms with E-state index in [9.17, 15) is 19.5 Å². The molecule has 0 bridgehead atoms. The van der Waals surface area contributed by atoms with Crippen LogP contribution in [0.2, 0.25) is 10.0 Å². The number of aromatic nitrogens is 1. The Bertz CT molecular complexity index is 1660. The van der Waals surface area contributed by atoms with Gasteiger partial charge in [0, 0.05) is 53.8 Å². The Labute approximate surface area is 291 Å². The van der Waals surface area contributed by atoms with Crippen LogP contribution in [0, 0.1) is 5.92 Å². The van der Waals surface area contributed by atoms with Crippen molar-refractivity contribution in [3.8, 4) is 0 Å². The number of ether oxygens (including phenoxy) is 2. The number of fused-ring (bicyclic) bond motifs is 1. The van der Waals surface area contributed by atoms with Crippen LogP contribution in [0.5, 0.6) is 0 Å². The van der Waals surface area contributed by atoms with Crippen molar-refractivity contribution in [1.29, 1.82) is 0 Å². The van der Waals surface area contributed by atoms with E-state index in [0.717, 1.165) is 17.3 Å². The van der Waals surface area contributed by atoms with Gasteiger partial charge in [-0.2, -0.15) is 0 Å². The topological polar surface area (TPSA) is 113 Å². The number of carbonyl (C=O) groups excluding carboxylic acids is 2. The number of rotatable bonds is 9. The Morgan fingerprint density at radius 3 is 2.44 bits per heavy atom. The highest BCUT2D eigenvalue weighted by Gasteiger charge is 2.42. The highest BCUT2D eigenvalue weighted by molar-refractivity contribution is 6.36. The van der Waals surface area contributed by atoms with Gasteiger partial charge in [0.25, 0.3) is 5.91 Å². The molecule has 0 unspecified atom stereocenters. The molecule has 2 saturated heterocycles. The van der Waals surface area contributed by atoms with E-state index in [0.29, 0.717) is 78.9 Å². The summed E-state index contributed by atoms with van der Waals surface area (Å²) in [5, 5.41) is 13.7. The summed E-state index contributed by atoms with van der Waals surface area (Å²) >= 11 is 13.4. The number of aryl methyl sites for hydroxylation is 1. The summed E-state index contributed by atoms with van der Waals surface area (Å²) in [6.45, 7) is 6.59. The number of nitrogens with one attached hydrogen (secondary N) is 1. The minimum Gasteiger partial charge on any atom is -0.481 e. The zero-order chi connectivity index (χ0) is 34.1. The third-order valence-corrected chi connectivity index (χ3v) is 11.0. The lowest BCUT2D eigenvalue weighted by atomic mass is 9.87. The lowest BCUT2D eigenvalue weighted by Crippen LogP contribution is -2.55. The van der Waals surface area contributed by atoms with Crippen LogP contribution in [-0.2, 0) is 32.5 Å². The number of nitrogens with zero attached hydrogens (tertiary/aromatic N) is 3. The lowest BCUT2D eigenvalue weighted by Gasteiger charge is -2.42. The fourth-order valence-corrected chi connectivity index (χ4v) is 8.29. The SMILES string of the molecule is C[C@@H]1COC[C@H](C)N1[C@H]1C[C@@H](COC2CCC(C(=O)O)CC2)N(C(=O)Cc2cc(Cl)c(NC(=O)c3cn(C)c4ccccc34)cc2Cl)C1. The van der Waals surface area contributed by atoms with Crippen molar-refractivity contribution in [3.63, 3.8) is 0 Å². The zero-order valence-corrected chi connectivity index (χ0v) is 29.2. The number of carboxylic acids is 1. The maximum absolute atomic E-state index is 14.0. The summed E-state index contributed by atoms with van der Waals surface area (Å²) in [4.78, 5) is 43.1. The molecule has 1 aliphatic carbocycles. The number of halogens is 2. The first kappa shape index (κ1) is 34.7. The monoisotopic (exact) mass is 698 g/mol. The summed E-state index contributed by atoms with van der Waals surface area (Å²) in [6, 6.07) is 11.4. The van der Waals surface area contributed by atoms with Gasteiger partial charge in [-0.25, -0.2) is 0 Å². The maximum Gasteiger partial charge on any atom is 0.306 e. The van der Waals surface area contributed by atoms with Gasteiger partial charge in [-0.1, -0.05) is 41.4 Å². The number of aliphatic carboxylic acids is 1. The first-order valence-corrected chi connectivity index (χ1v) is 17.6. The number of morpholine rings is 1. The molecule has 3 fully saturated rings. The Morgan fingerprint density at radius 2 is 1.73 bits per heavy atom. The number of carboxylic acid groups (broad SMARTS) is 1. The summed E-state index contributed by atoms with van der Waals surface area (Å²) in [6.07, 6.45) is 5.22. The number of likely N-dealkylation sites (tertiary alicyclic amines) is 1. The normalized spacial score (nSPS) is 26.6. The minimum absolute atomic E-state index is 0.0114. The van der Waals surface area contributed by atoms with E-state index in [1.54, 1.807) is 18.3 Å². The minimum atomic E-state index is -0.739. The number of hydrogen-bond acceptors (Lipinski definition) is 6. The van der Waals surface area contributed by atoms with Gasteiger partial charge >= 0.3 is 5.97 Å². The molecule has 258 valence electrons. The molecule has 1 saturated carbocycles. The molecular formula is C36H44Cl2N4O6. The highest BCUT2D eigenvalue weighted by Crippen LogP contribution is 2.34. The Kier molecular flexibility index (Phi) is 10.7. The second kappa shape index (κ2) is 14.8. The quantitative estimate of drug-likeness (QED) is 0.281. The predicted molar refractivity (Wildman–Crippen MR) is 186 cm³/mol. The van der Waals surface area contributed by atoms with E-state index in [1.165, 1.54) is 0 Å². The molecule has 2 N–H and O–H groups in total. The summed E-state index contributed by atoms with van der Waals surface area (Å²) in [7, 11) is 1.89. The first-order valence-electron chi connectivity index (χ1n) is 16.8. The van der Waals surface area contributed by atoms with E-state index in [4.69, 9.17) is 32.7 Å². The summed E-state index contributed by atoms with van der Waals surface area (Å²) in [5.41, 5.74) is 2.42. The van der Waals surface area contributed by atoms with Crippen molar-refractivity contribution in [2.45, 2.75) is 82.6 Å². The molecule has 10 nitrogen and oxygen atoms in total. The molecule has 4 atom stereocenters. The van der Waals surface area contributed by atoms with Crippen molar-refractivity contribution in [3.05, 3.63) is 63.8 Å². The van der Waals surface area contributed by atoms with Gasteiger partial charge in [-0.15, -0.1) is 0 Å². The summed E-state index contributed by atoms with van der Waals surface area (Å²) < 4.78 is 14.0. The van der Waals surface area contributed by atoms with E-state index in [2.05, 4.69) is 24.1 Å². The molecule has 2 amide bonds. The average Bonchev–Trinajstić information content (AvgIpc) is 3.63. The van der Waals surface area contributed by atoms with Gasteiger partial charge in [-0.05, 0) is 69.7 Å². The number of anilines is 1. The fourth-order valence-electron chi connectivity index (χ4n) is 7.83. The molecule has 0 spiro atoms. The van der Waals surface area contributed by atoms with E-state index >= 15 is 0 Å². The fraction of sp³-hybridized carbons (Fsp3) is 0.528. The highest BCUT2D eigenvalue weighted by atomic mass is 35.5. The molecule has 12 heteroatoms. The second-order valence-electron chi connectivity index (χ2n) is 13.6. The Morgan fingerprint density at radius 1 is 1.02 bits per heavy atom. The number of para-hydroxylation sites is 1. The van der Waals surface area contributed by atoms with Crippen molar-refractivity contribution in [2.24, 2.45) is 13.0 Å². The molecule has 3 aromatic rings. The first-order chi connectivity index (χ1) is 23.0. The molecule has 3 aliphatic rings. The van der Waals surface area contributed by atoms with Crippen LogP contribution in [0.25, 0.3) is 10.9 Å². The van der Waals surface area contributed by atoms with Crippen LogP contribution in [0.4, 0.5) is 5.69 Å². The third kappa shape index (κ3) is 7.38. The van der Waals surface area contributed by atoms with Gasteiger partial charge in [-0.3, -0.25) is 19.3 Å². The predicted octanol–water partition coefficient (Wildman–Crippen LogP) is 6.02. The standard InChI is InChI=1S/C36H44Cl2N4O6/c1-21-18-47-19-22(2)42(21)25-14-26(20-48-27-10-8-23(9-11-27)36(45)46)41(16-25)34(43)13-24-12-31(38)32(15-30(24)37)39-35(44)29-17-40(3)33-7-5-4-6-28(29)33/h4-7,12,15,17,21-23,25-27H,8-11,13-14,16,18-20H2,1-3H3,(H,39,44)(H,45,46)/t21-,22+,23?,25-,26-,27?/m0/s1. The van der Waals surface area contributed by atoms with E-state index in [1.807, 2.05) is 40.8 Å². The van der Waals surface area contributed by atoms with Gasteiger partial charge in [0.1, 0.15) is 0 Å². The molecule has 2 aliphatic heterocycles. The molecule has 6 rings (SSSR count). The van der Waals surface area contributed by atoms with E-state index in [-0.39, 0.29) is 54.4 Å². The smallest absolute Gasteiger partial charge is 0.306 e. The van der Waals surface area contributed by atoms with Crippen LogP contribution in [0.15, 0.2) is 42.6 Å². The van der Waals surface area contributed by atoms with Crippen molar-refractivity contribution < 1.29 is 29.0 Å². The second-order valence-corrected chi connectivity index (χ2v) is 14.5. The van der Waals surface area contributed by atoms with Gasteiger partial charge in [0.15, 0.2) is 0 Å². The van der Waals surface area contributed by atoms with Crippen molar-refractivity contribution in [1.82, 2.24) is 14.4 Å². The van der Waals surface area contributed by atoms with Crippen LogP contribution < -0.4 is 5.32 Å². The molecule has 48 heavy (non-hydrogen) atoms. The van der Waals surface area contributed by atoms with Crippen LogP contribution >= 0.6 is 23.2 Å². The van der Waals surface area contributed by atoms with Crippen LogP contribution in [0.3, 0.4) is 0 Å². The van der Waals surface area contributed by atoms with Crippen molar-refractivity contribution >= 4 is 57.6 Å². The molecule has 3 heterocycles. The largest absolute Gasteiger partial charge is 0.481 e. The zero-order valence-electron chi connectivity index (χ0n) is 27.7. The average molecular weight is 700 g/mol. The molecule has 0 radical (unpaired) electrons. The van der Waals surface area contributed by atoms with Crippen LogP contribution in [0.1, 0.15) is 61.9 Å². The number of carbonyl (C=O) groups is 3. The van der Waals surface area contributed by atoms with Gasteiger partial charge < -0.3 is 29.4 Å². The number of benzene rings is 2. The Hall–Kier alpha value is -3.15. The van der Waals surface area contributed by atoms with Crippen molar-refractivity contribution in [2.75, 3.05) is 31.7 Å². The number of hydrogen-bond donors (Lipinski definition) is 2. The molecule has 1 aromatic heterocycles. The summed E-state index contributed by atoms with van der Waals surface area (Å²) in [5.74, 6) is -1.42. The van der Waals surface area contributed by atoms with Gasteiger partial charge in [0.2, 0.25) is 5.91 Å².